The van der Waals surface area contributed by atoms with Gasteiger partial charge in [0.15, 0.2) is 0 Å². The number of thiophene rings is 2. The van der Waals surface area contributed by atoms with Crippen LogP contribution in [0.2, 0.25) is 4.34 Å². The van der Waals surface area contributed by atoms with Crippen LogP contribution in [0.3, 0.4) is 0 Å². The van der Waals surface area contributed by atoms with E-state index >= 15 is 0 Å². The zero-order valence-electron chi connectivity index (χ0n) is 12.2. The maximum atomic E-state index is 12.6. The zero-order chi connectivity index (χ0) is 16.0. The van der Waals surface area contributed by atoms with E-state index in [2.05, 4.69) is 5.32 Å². The number of carbonyl (C=O) groups is 2. The van der Waals surface area contributed by atoms with Crippen LogP contribution < -0.4 is 5.32 Å². The molecule has 0 spiro atoms. The minimum absolute atomic E-state index is 0.000431. The molecule has 2 aromatic rings. The number of halogens is 1. The highest BCUT2D eigenvalue weighted by Gasteiger charge is 2.47. The van der Waals surface area contributed by atoms with Crippen LogP contribution in [0.4, 0.5) is 0 Å². The SMILES string of the molecule is O=C(NC1CC2CC1CN2C(=O)c1ccc(Cl)s1)c1cccs1. The highest BCUT2D eigenvalue weighted by molar-refractivity contribution is 7.18. The molecule has 0 radical (unpaired) electrons. The first-order valence-electron chi connectivity index (χ1n) is 7.52. The first kappa shape index (κ1) is 15.2. The third-order valence-corrected chi connectivity index (χ3v) is 6.74. The number of piperidine rings is 1. The molecule has 3 heterocycles. The Morgan fingerprint density at radius 2 is 2.09 bits per heavy atom. The lowest BCUT2D eigenvalue weighted by Gasteiger charge is -2.31. The Morgan fingerprint density at radius 1 is 1.22 bits per heavy atom. The Kier molecular flexibility index (Phi) is 3.91. The summed E-state index contributed by atoms with van der Waals surface area (Å²) in [4.78, 5) is 28.1. The Labute approximate surface area is 147 Å². The van der Waals surface area contributed by atoms with Gasteiger partial charge in [-0.15, -0.1) is 22.7 Å². The van der Waals surface area contributed by atoms with Crippen molar-refractivity contribution in [2.45, 2.75) is 24.9 Å². The second-order valence-electron chi connectivity index (χ2n) is 6.00. The summed E-state index contributed by atoms with van der Waals surface area (Å²) in [7, 11) is 0. The number of carbonyl (C=O) groups excluding carboxylic acids is 2. The lowest BCUT2D eigenvalue weighted by molar-refractivity contribution is 0.0685. The quantitative estimate of drug-likeness (QED) is 0.903. The van der Waals surface area contributed by atoms with Gasteiger partial charge in [-0.25, -0.2) is 0 Å². The van der Waals surface area contributed by atoms with Crippen molar-refractivity contribution in [1.29, 1.82) is 0 Å². The smallest absolute Gasteiger partial charge is 0.264 e. The number of rotatable bonds is 3. The molecule has 23 heavy (non-hydrogen) atoms. The number of nitrogens with one attached hydrogen (secondary N) is 1. The topological polar surface area (TPSA) is 49.4 Å². The van der Waals surface area contributed by atoms with Gasteiger partial charge in [0.25, 0.3) is 11.8 Å². The van der Waals surface area contributed by atoms with Crippen LogP contribution >= 0.6 is 34.3 Å². The van der Waals surface area contributed by atoms with Gasteiger partial charge in [0.2, 0.25) is 0 Å². The summed E-state index contributed by atoms with van der Waals surface area (Å²) in [6.07, 6.45) is 1.81. The van der Waals surface area contributed by atoms with E-state index in [0.717, 1.165) is 17.7 Å². The summed E-state index contributed by atoms with van der Waals surface area (Å²) in [6.45, 7) is 0.717. The third kappa shape index (κ3) is 2.79. The minimum Gasteiger partial charge on any atom is -0.348 e. The maximum absolute atomic E-state index is 12.6. The molecule has 1 N–H and O–H groups in total. The fourth-order valence-electron chi connectivity index (χ4n) is 3.60. The first-order chi connectivity index (χ1) is 11.1. The molecule has 7 heteroatoms. The van der Waals surface area contributed by atoms with Gasteiger partial charge in [-0.05, 0) is 42.3 Å². The van der Waals surface area contributed by atoms with Crippen molar-refractivity contribution < 1.29 is 9.59 Å². The normalized spacial score (nSPS) is 25.8. The van der Waals surface area contributed by atoms with Crippen LogP contribution in [0.5, 0.6) is 0 Å². The van der Waals surface area contributed by atoms with Gasteiger partial charge in [-0.3, -0.25) is 9.59 Å². The molecule has 1 saturated carbocycles. The van der Waals surface area contributed by atoms with E-state index < -0.39 is 0 Å². The molecule has 0 aromatic carbocycles. The van der Waals surface area contributed by atoms with Crippen LogP contribution in [0, 0.1) is 5.92 Å². The van der Waals surface area contributed by atoms with Gasteiger partial charge in [0.1, 0.15) is 0 Å². The Bertz CT molecular complexity index is 743. The monoisotopic (exact) mass is 366 g/mol. The van der Waals surface area contributed by atoms with Crippen LogP contribution in [-0.2, 0) is 0 Å². The molecule has 4 nitrogen and oxygen atoms in total. The molecule has 2 fully saturated rings. The Hall–Kier alpha value is -1.37. The average molecular weight is 367 g/mol. The molecule has 1 saturated heterocycles. The van der Waals surface area contributed by atoms with Crippen LogP contribution in [-0.4, -0.2) is 35.3 Å². The summed E-state index contributed by atoms with van der Waals surface area (Å²) in [6, 6.07) is 7.67. The van der Waals surface area contributed by atoms with Crippen LogP contribution in [0.15, 0.2) is 29.6 Å². The van der Waals surface area contributed by atoms with Crippen molar-refractivity contribution in [3.8, 4) is 0 Å². The van der Waals surface area contributed by atoms with E-state index in [4.69, 9.17) is 11.6 Å². The molecule has 4 rings (SSSR count). The molecule has 3 atom stereocenters. The van der Waals surface area contributed by atoms with Crippen molar-refractivity contribution in [2.75, 3.05) is 6.54 Å². The fraction of sp³-hybridized carbons (Fsp3) is 0.375. The van der Waals surface area contributed by atoms with E-state index in [0.29, 0.717) is 21.7 Å². The third-order valence-electron chi connectivity index (χ3n) is 4.65. The van der Waals surface area contributed by atoms with Gasteiger partial charge >= 0.3 is 0 Å². The fourth-order valence-corrected chi connectivity index (χ4v) is 5.22. The molecule has 2 bridgehead atoms. The summed E-state index contributed by atoms with van der Waals surface area (Å²) >= 11 is 8.70. The van der Waals surface area contributed by atoms with Crippen LogP contribution in [0.25, 0.3) is 0 Å². The predicted octanol–water partition coefficient (Wildman–Crippen LogP) is 3.50. The zero-order valence-corrected chi connectivity index (χ0v) is 14.6. The highest BCUT2D eigenvalue weighted by Crippen LogP contribution is 2.39. The number of likely N-dealkylation sites (tertiary alicyclic amines) is 1. The summed E-state index contributed by atoms with van der Waals surface area (Å²) in [5.74, 6) is 0.418. The lowest BCUT2D eigenvalue weighted by atomic mass is 10.0. The van der Waals surface area contributed by atoms with E-state index in [1.807, 2.05) is 22.4 Å². The Balaban J connectivity index is 1.40. The Morgan fingerprint density at radius 3 is 2.70 bits per heavy atom. The lowest BCUT2D eigenvalue weighted by Crippen LogP contribution is -2.47. The standard InChI is InChI=1S/C16H15ClN2O2S2/c17-14-4-3-13(23-14)16(21)19-8-9-6-10(19)7-11(9)18-15(20)12-2-1-5-22-12/h1-5,9-11H,6-8H2,(H,18,20). The van der Waals surface area contributed by atoms with Gasteiger partial charge in [-0.2, -0.15) is 0 Å². The van der Waals surface area contributed by atoms with Gasteiger partial charge in [0, 0.05) is 18.6 Å². The summed E-state index contributed by atoms with van der Waals surface area (Å²) in [5, 5.41) is 5.04. The van der Waals surface area contributed by atoms with Gasteiger partial charge < -0.3 is 10.2 Å². The summed E-state index contributed by atoms with van der Waals surface area (Å²) in [5.41, 5.74) is 0. The van der Waals surface area contributed by atoms with E-state index in [-0.39, 0.29) is 23.9 Å². The molecule has 2 aliphatic rings. The second-order valence-corrected chi connectivity index (χ2v) is 8.67. The largest absolute Gasteiger partial charge is 0.348 e. The number of hydrogen-bond donors (Lipinski definition) is 1. The van der Waals surface area contributed by atoms with Gasteiger partial charge in [-0.1, -0.05) is 17.7 Å². The van der Waals surface area contributed by atoms with Crippen LogP contribution in [0.1, 0.15) is 32.2 Å². The molecule has 1 aliphatic carbocycles. The number of fused-ring (bicyclic) bond motifs is 2. The minimum atomic E-state index is 0.000431. The first-order valence-corrected chi connectivity index (χ1v) is 9.60. The molecule has 3 unspecified atom stereocenters. The molecule has 2 amide bonds. The average Bonchev–Trinajstić information content (AvgIpc) is 3.30. The van der Waals surface area contributed by atoms with E-state index in [1.165, 1.54) is 22.7 Å². The second kappa shape index (κ2) is 5.92. The van der Waals surface area contributed by atoms with E-state index in [1.54, 1.807) is 12.1 Å². The van der Waals surface area contributed by atoms with E-state index in [9.17, 15) is 9.59 Å². The molecule has 2 aromatic heterocycles. The number of nitrogens with zero attached hydrogens (tertiary/aromatic N) is 1. The van der Waals surface area contributed by atoms with Crippen molar-refractivity contribution in [3.63, 3.8) is 0 Å². The van der Waals surface area contributed by atoms with Crippen molar-refractivity contribution >= 4 is 46.1 Å². The van der Waals surface area contributed by atoms with Crippen molar-refractivity contribution in [2.24, 2.45) is 5.92 Å². The van der Waals surface area contributed by atoms with Crippen molar-refractivity contribution in [1.82, 2.24) is 10.2 Å². The highest BCUT2D eigenvalue weighted by atomic mass is 35.5. The summed E-state index contributed by atoms with van der Waals surface area (Å²) < 4.78 is 0.638. The van der Waals surface area contributed by atoms with Crippen molar-refractivity contribution in [3.05, 3.63) is 43.7 Å². The molecular weight excluding hydrogens is 352 g/mol. The molecular formula is C16H15ClN2O2S2. The molecule has 1 aliphatic heterocycles. The number of amides is 2. The number of hydrogen-bond acceptors (Lipinski definition) is 4. The predicted molar refractivity (Wildman–Crippen MR) is 92.5 cm³/mol. The maximum Gasteiger partial charge on any atom is 0.264 e. The molecule has 120 valence electrons. The van der Waals surface area contributed by atoms with Gasteiger partial charge in [0.05, 0.1) is 14.1 Å².